The highest BCUT2D eigenvalue weighted by Crippen LogP contribution is 2.37. The Labute approximate surface area is 198 Å². The molecule has 1 aliphatic heterocycles. The van der Waals surface area contributed by atoms with E-state index >= 15 is 0 Å². The molecule has 0 radical (unpaired) electrons. The van der Waals surface area contributed by atoms with E-state index in [0.29, 0.717) is 32.6 Å². The molecule has 1 fully saturated rings. The zero-order valence-corrected chi connectivity index (χ0v) is 20.1. The highest BCUT2D eigenvalue weighted by molar-refractivity contribution is 9.10. The molecule has 168 valence electrons. The first-order valence-electron chi connectivity index (χ1n) is 9.61. The Bertz CT molecular complexity index is 1300. The molecule has 0 amide bonds. The number of ether oxygens (including phenoxy) is 2. The molecule has 1 atom stereocenters. The molecule has 1 saturated heterocycles. The number of hydrogen-bond donors (Lipinski definition) is 2. The van der Waals surface area contributed by atoms with E-state index in [2.05, 4.69) is 31.5 Å². The number of fused-ring (bicyclic) bond motifs is 1. The van der Waals surface area contributed by atoms with E-state index < -0.39 is 21.2 Å². The van der Waals surface area contributed by atoms with Gasteiger partial charge in [-0.2, -0.15) is 0 Å². The predicted molar refractivity (Wildman–Crippen MR) is 125 cm³/mol. The van der Waals surface area contributed by atoms with E-state index in [1.54, 1.807) is 36.4 Å². The van der Waals surface area contributed by atoms with Gasteiger partial charge in [0, 0.05) is 34.2 Å². The summed E-state index contributed by atoms with van der Waals surface area (Å²) in [6.45, 7) is 1.00. The normalized spacial score (nSPS) is 16.7. The first kappa shape index (κ1) is 22.9. The summed E-state index contributed by atoms with van der Waals surface area (Å²) in [5, 5.41) is 7.06. The highest BCUT2D eigenvalue weighted by Gasteiger charge is 2.33. The number of sulfone groups is 1. The van der Waals surface area contributed by atoms with Crippen molar-refractivity contribution in [3.05, 3.63) is 57.7 Å². The van der Waals surface area contributed by atoms with Crippen LogP contribution in [0.4, 0.5) is 11.4 Å². The van der Waals surface area contributed by atoms with Crippen LogP contribution < -0.4 is 10.6 Å². The van der Waals surface area contributed by atoms with Crippen molar-refractivity contribution in [2.75, 3.05) is 32.1 Å². The minimum atomic E-state index is -3.95. The van der Waals surface area contributed by atoms with Crippen LogP contribution in [0.5, 0.6) is 0 Å². The maximum absolute atomic E-state index is 13.5. The SMILES string of the molecule is COC(=O)c1c(Br)cccc1Nc1c(S(=O)(=O)C2CNCCO2)cnc2ccc(Cl)cc12. The van der Waals surface area contributed by atoms with Crippen LogP contribution in [0.2, 0.25) is 5.02 Å². The third kappa shape index (κ3) is 4.33. The van der Waals surface area contributed by atoms with Crippen LogP contribution in [-0.2, 0) is 19.3 Å². The number of pyridine rings is 1. The second-order valence-electron chi connectivity index (χ2n) is 6.99. The molecule has 0 aliphatic carbocycles. The fraction of sp³-hybridized carbons (Fsp3) is 0.238. The lowest BCUT2D eigenvalue weighted by Crippen LogP contribution is -2.43. The van der Waals surface area contributed by atoms with Crippen molar-refractivity contribution in [3.8, 4) is 0 Å². The van der Waals surface area contributed by atoms with Crippen LogP contribution >= 0.6 is 27.5 Å². The largest absolute Gasteiger partial charge is 0.465 e. The van der Waals surface area contributed by atoms with Gasteiger partial charge in [0.2, 0.25) is 9.84 Å². The van der Waals surface area contributed by atoms with Crippen LogP contribution in [0.25, 0.3) is 10.9 Å². The standard InChI is InChI=1S/C21H19BrClN3O5S/c1-30-21(27)19-14(22)3-2-4-16(19)26-20-13-9-12(23)5-6-15(13)25-10-17(20)32(28,29)18-11-24-7-8-31-18/h2-6,9-10,18,24H,7-8,11H2,1H3,(H,25,26). The van der Waals surface area contributed by atoms with Gasteiger partial charge in [0.15, 0.2) is 5.44 Å². The minimum absolute atomic E-state index is 0.0586. The summed E-state index contributed by atoms with van der Waals surface area (Å²) in [5.41, 5.74) is 0.291. The molecule has 0 spiro atoms. The molecule has 8 nitrogen and oxygen atoms in total. The molecule has 0 bridgehead atoms. The van der Waals surface area contributed by atoms with Gasteiger partial charge in [0.05, 0.1) is 36.2 Å². The van der Waals surface area contributed by atoms with Crippen molar-refractivity contribution in [1.82, 2.24) is 10.3 Å². The number of carbonyl (C=O) groups excluding carboxylic acids is 1. The van der Waals surface area contributed by atoms with Gasteiger partial charge in [-0.25, -0.2) is 13.2 Å². The van der Waals surface area contributed by atoms with E-state index in [0.717, 1.165) is 0 Å². The fourth-order valence-electron chi connectivity index (χ4n) is 3.45. The lowest BCUT2D eigenvalue weighted by molar-refractivity contribution is 0.0601. The van der Waals surface area contributed by atoms with Gasteiger partial charge in [-0.3, -0.25) is 4.98 Å². The molecule has 1 unspecified atom stereocenters. The van der Waals surface area contributed by atoms with Gasteiger partial charge in [0.1, 0.15) is 4.90 Å². The number of benzene rings is 2. The molecule has 11 heteroatoms. The van der Waals surface area contributed by atoms with Crippen molar-refractivity contribution < 1.29 is 22.7 Å². The number of nitrogens with one attached hydrogen (secondary N) is 2. The molecule has 0 saturated carbocycles. The van der Waals surface area contributed by atoms with Gasteiger partial charge >= 0.3 is 5.97 Å². The van der Waals surface area contributed by atoms with Gasteiger partial charge < -0.3 is 20.1 Å². The molecule has 2 N–H and O–H groups in total. The van der Waals surface area contributed by atoms with Crippen LogP contribution in [0.15, 0.2) is 52.0 Å². The Kier molecular flexibility index (Phi) is 6.68. The van der Waals surface area contributed by atoms with Crippen molar-refractivity contribution in [2.24, 2.45) is 0 Å². The number of esters is 1. The second kappa shape index (κ2) is 9.32. The summed E-state index contributed by atoms with van der Waals surface area (Å²) in [4.78, 5) is 16.7. The molecule has 32 heavy (non-hydrogen) atoms. The number of carbonyl (C=O) groups is 1. The topological polar surface area (TPSA) is 107 Å². The van der Waals surface area contributed by atoms with Crippen molar-refractivity contribution in [2.45, 2.75) is 10.3 Å². The lowest BCUT2D eigenvalue weighted by atomic mass is 10.1. The number of morpholine rings is 1. The lowest BCUT2D eigenvalue weighted by Gasteiger charge is -2.25. The number of rotatable bonds is 5. The quantitative estimate of drug-likeness (QED) is 0.469. The van der Waals surface area contributed by atoms with E-state index in [1.807, 2.05) is 0 Å². The molecule has 1 aromatic heterocycles. The Morgan fingerprint density at radius 2 is 2.16 bits per heavy atom. The number of methoxy groups -OCH3 is 1. The summed E-state index contributed by atoms with van der Waals surface area (Å²) < 4.78 is 37.9. The van der Waals surface area contributed by atoms with E-state index in [9.17, 15) is 13.2 Å². The van der Waals surface area contributed by atoms with Crippen LogP contribution in [0, 0.1) is 0 Å². The molecule has 3 aromatic rings. The number of hydrogen-bond acceptors (Lipinski definition) is 8. The number of aromatic nitrogens is 1. The summed E-state index contributed by atoms with van der Waals surface area (Å²) in [6, 6.07) is 10.1. The molecule has 4 rings (SSSR count). The fourth-order valence-corrected chi connectivity index (χ4v) is 5.69. The van der Waals surface area contributed by atoms with Gasteiger partial charge in [0.25, 0.3) is 0 Å². The Balaban J connectivity index is 1.94. The predicted octanol–water partition coefficient (Wildman–Crippen LogP) is 3.90. The third-order valence-electron chi connectivity index (χ3n) is 5.00. The molecule has 2 heterocycles. The van der Waals surface area contributed by atoms with Crippen molar-refractivity contribution in [1.29, 1.82) is 0 Å². The summed E-state index contributed by atoms with van der Waals surface area (Å²) in [7, 11) is -2.67. The minimum Gasteiger partial charge on any atom is -0.465 e. The average molecular weight is 541 g/mol. The molecular formula is C21H19BrClN3O5S. The monoisotopic (exact) mass is 539 g/mol. The Morgan fingerprint density at radius 1 is 1.34 bits per heavy atom. The average Bonchev–Trinajstić information content (AvgIpc) is 2.79. The molecule has 1 aliphatic rings. The Hall–Kier alpha value is -2.24. The zero-order valence-electron chi connectivity index (χ0n) is 16.9. The maximum atomic E-state index is 13.5. The van der Waals surface area contributed by atoms with Crippen molar-refractivity contribution in [3.63, 3.8) is 0 Å². The summed E-state index contributed by atoms with van der Waals surface area (Å²) in [6.07, 6.45) is 1.29. The molecular weight excluding hydrogens is 522 g/mol. The zero-order chi connectivity index (χ0) is 22.9. The Morgan fingerprint density at radius 3 is 2.88 bits per heavy atom. The summed E-state index contributed by atoms with van der Waals surface area (Å²) in [5.74, 6) is -0.583. The maximum Gasteiger partial charge on any atom is 0.341 e. The number of halogens is 2. The van der Waals surface area contributed by atoms with E-state index in [1.165, 1.54) is 13.3 Å². The van der Waals surface area contributed by atoms with E-state index in [-0.39, 0.29) is 29.3 Å². The first-order valence-corrected chi connectivity index (χ1v) is 12.3. The molecule has 2 aromatic carbocycles. The van der Waals surface area contributed by atoms with Crippen LogP contribution in [-0.4, -0.2) is 51.6 Å². The summed E-state index contributed by atoms with van der Waals surface area (Å²) >= 11 is 9.58. The first-order chi connectivity index (χ1) is 15.3. The number of nitrogens with zero attached hydrogens (tertiary/aromatic N) is 1. The third-order valence-corrected chi connectivity index (χ3v) is 7.82. The van der Waals surface area contributed by atoms with Gasteiger partial charge in [-0.05, 0) is 46.3 Å². The van der Waals surface area contributed by atoms with E-state index in [4.69, 9.17) is 21.1 Å². The van der Waals surface area contributed by atoms with Crippen LogP contribution in [0.3, 0.4) is 0 Å². The van der Waals surface area contributed by atoms with Gasteiger partial charge in [-0.1, -0.05) is 17.7 Å². The smallest absolute Gasteiger partial charge is 0.341 e. The van der Waals surface area contributed by atoms with Gasteiger partial charge in [-0.15, -0.1) is 0 Å². The second-order valence-corrected chi connectivity index (χ2v) is 10.3. The van der Waals surface area contributed by atoms with Crippen molar-refractivity contribution >= 4 is 65.6 Å². The number of anilines is 2. The highest BCUT2D eigenvalue weighted by atomic mass is 79.9. The van der Waals surface area contributed by atoms with Crippen LogP contribution in [0.1, 0.15) is 10.4 Å².